The molecule has 2 nitrogen and oxygen atoms in total. The van der Waals surface area contributed by atoms with Gasteiger partial charge in [0.2, 0.25) is 0 Å². The molecule has 0 aliphatic carbocycles. The average Bonchev–Trinajstić information content (AvgIpc) is 2.67. The van der Waals surface area contributed by atoms with Crippen LogP contribution in [0.2, 0.25) is 0 Å². The van der Waals surface area contributed by atoms with E-state index in [9.17, 15) is 9.65 Å². The first-order valence-electron chi connectivity index (χ1n) is 7.99. The summed E-state index contributed by atoms with van der Waals surface area (Å²) in [5.74, 6) is 0.425. The van der Waals surface area contributed by atoms with Crippen LogP contribution in [0.25, 0.3) is 11.6 Å². The zero-order valence-electron chi connectivity index (χ0n) is 13.8. The van der Waals surface area contributed by atoms with E-state index in [1.807, 2.05) is 54.6 Å². The Bertz CT molecular complexity index is 957. The number of nitrogens with zero attached hydrogens (tertiary/aromatic N) is 1. The number of rotatable bonds is 5. The summed E-state index contributed by atoms with van der Waals surface area (Å²) in [4.78, 5) is 0. The Morgan fingerprint density at radius 3 is 2.46 bits per heavy atom. The number of hydrogen-bond donors (Lipinski definition) is 0. The Labute approximate surface area is 160 Å². The van der Waals surface area contributed by atoms with Crippen LogP contribution < -0.4 is 4.74 Å². The molecule has 0 fully saturated rings. The van der Waals surface area contributed by atoms with Gasteiger partial charge >= 0.3 is 0 Å². The van der Waals surface area contributed by atoms with Crippen LogP contribution in [0.1, 0.15) is 16.7 Å². The van der Waals surface area contributed by atoms with E-state index < -0.39 is 0 Å². The maximum atomic E-state index is 12.9. The molecule has 0 aromatic heterocycles. The molecule has 0 saturated heterocycles. The molecule has 0 atom stereocenters. The first-order chi connectivity index (χ1) is 12.6. The van der Waals surface area contributed by atoms with E-state index in [1.54, 1.807) is 12.1 Å². The molecule has 0 unspecified atom stereocenters. The summed E-state index contributed by atoms with van der Waals surface area (Å²) in [6.45, 7) is 0.352. The molecule has 0 radical (unpaired) electrons. The van der Waals surface area contributed by atoms with Gasteiger partial charge in [-0.15, -0.1) is 0 Å². The topological polar surface area (TPSA) is 33.0 Å². The van der Waals surface area contributed by atoms with Crippen LogP contribution in [0.5, 0.6) is 5.75 Å². The molecule has 4 heteroatoms. The molecule has 0 aliphatic rings. The predicted molar refractivity (Wildman–Crippen MR) is 105 cm³/mol. The van der Waals surface area contributed by atoms with Crippen molar-refractivity contribution in [3.8, 4) is 11.8 Å². The van der Waals surface area contributed by atoms with Crippen molar-refractivity contribution in [3.63, 3.8) is 0 Å². The SMILES string of the molecule is N#C/C(=C\c1cccc(OCc2ccc(F)cc2)c1)c1ccc(Br)cc1. The van der Waals surface area contributed by atoms with Gasteiger partial charge in [0, 0.05) is 4.47 Å². The van der Waals surface area contributed by atoms with Gasteiger partial charge < -0.3 is 4.74 Å². The van der Waals surface area contributed by atoms with Gasteiger partial charge in [0.25, 0.3) is 0 Å². The molecular weight excluding hydrogens is 393 g/mol. The third kappa shape index (κ3) is 4.81. The van der Waals surface area contributed by atoms with Gasteiger partial charge in [0.05, 0.1) is 11.6 Å². The van der Waals surface area contributed by atoms with E-state index in [-0.39, 0.29) is 5.82 Å². The maximum absolute atomic E-state index is 12.9. The Morgan fingerprint density at radius 2 is 1.77 bits per heavy atom. The van der Waals surface area contributed by atoms with Crippen LogP contribution in [0.3, 0.4) is 0 Å². The van der Waals surface area contributed by atoms with Crippen LogP contribution in [0.4, 0.5) is 4.39 Å². The molecule has 3 aromatic rings. The highest BCUT2D eigenvalue weighted by Crippen LogP contribution is 2.22. The van der Waals surface area contributed by atoms with Crippen molar-refractivity contribution in [1.82, 2.24) is 0 Å². The molecule has 128 valence electrons. The third-order valence-corrected chi connectivity index (χ3v) is 4.29. The molecular formula is C22H15BrFNO. The minimum atomic E-state index is -0.266. The predicted octanol–water partition coefficient (Wildman–Crippen LogP) is 6.23. The highest BCUT2D eigenvalue weighted by atomic mass is 79.9. The van der Waals surface area contributed by atoms with Crippen molar-refractivity contribution < 1.29 is 9.13 Å². The van der Waals surface area contributed by atoms with Crippen LogP contribution in [-0.4, -0.2) is 0 Å². The second-order valence-corrected chi connectivity index (χ2v) is 6.58. The molecule has 0 saturated carbocycles. The van der Waals surface area contributed by atoms with Crippen LogP contribution in [0, 0.1) is 17.1 Å². The smallest absolute Gasteiger partial charge is 0.123 e. The summed E-state index contributed by atoms with van der Waals surface area (Å²) in [6, 6.07) is 23.6. The van der Waals surface area contributed by atoms with E-state index in [2.05, 4.69) is 22.0 Å². The summed E-state index contributed by atoms with van der Waals surface area (Å²) >= 11 is 3.39. The maximum Gasteiger partial charge on any atom is 0.123 e. The summed E-state index contributed by atoms with van der Waals surface area (Å²) in [5, 5.41) is 9.46. The molecule has 26 heavy (non-hydrogen) atoms. The molecule has 0 bridgehead atoms. The minimum Gasteiger partial charge on any atom is -0.489 e. The summed E-state index contributed by atoms with van der Waals surface area (Å²) < 4.78 is 19.7. The molecule has 0 aliphatic heterocycles. The monoisotopic (exact) mass is 407 g/mol. The fourth-order valence-corrected chi connectivity index (χ4v) is 2.68. The lowest BCUT2D eigenvalue weighted by Gasteiger charge is -2.07. The Balaban J connectivity index is 1.76. The van der Waals surface area contributed by atoms with Crippen molar-refractivity contribution in [3.05, 3.63) is 99.8 Å². The lowest BCUT2D eigenvalue weighted by molar-refractivity contribution is 0.306. The van der Waals surface area contributed by atoms with Gasteiger partial charge in [-0.05, 0) is 59.2 Å². The first kappa shape index (κ1) is 17.9. The lowest BCUT2D eigenvalue weighted by atomic mass is 10.0. The molecule has 0 N–H and O–H groups in total. The van der Waals surface area contributed by atoms with Gasteiger partial charge in [-0.2, -0.15) is 5.26 Å². The van der Waals surface area contributed by atoms with E-state index in [0.717, 1.165) is 21.2 Å². The molecule has 3 aromatic carbocycles. The molecule has 0 amide bonds. The number of nitriles is 1. The molecule has 3 rings (SSSR count). The normalized spacial score (nSPS) is 11.0. The van der Waals surface area contributed by atoms with Gasteiger partial charge in [0.15, 0.2) is 0 Å². The van der Waals surface area contributed by atoms with Crippen LogP contribution in [0.15, 0.2) is 77.3 Å². The van der Waals surface area contributed by atoms with Gasteiger partial charge in [-0.1, -0.05) is 52.3 Å². The Morgan fingerprint density at radius 1 is 1.04 bits per heavy atom. The summed E-state index contributed by atoms with van der Waals surface area (Å²) in [5.41, 5.74) is 3.20. The number of allylic oxidation sites excluding steroid dienone is 1. The van der Waals surface area contributed by atoms with Gasteiger partial charge in [-0.3, -0.25) is 0 Å². The van der Waals surface area contributed by atoms with Crippen molar-refractivity contribution in [2.75, 3.05) is 0 Å². The van der Waals surface area contributed by atoms with Crippen molar-refractivity contribution in [1.29, 1.82) is 5.26 Å². The minimum absolute atomic E-state index is 0.266. The lowest BCUT2D eigenvalue weighted by Crippen LogP contribution is -1.95. The standard InChI is InChI=1S/C22H15BrFNO/c23-20-8-6-18(7-9-20)19(14-25)12-17-2-1-3-22(13-17)26-15-16-4-10-21(24)11-5-16/h1-13H,15H2/b19-12+. The number of ether oxygens (including phenoxy) is 1. The highest BCUT2D eigenvalue weighted by Gasteiger charge is 2.03. The highest BCUT2D eigenvalue weighted by molar-refractivity contribution is 9.10. The van der Waals surface area contributed by atoms with Crippen molar-refractivity contribution >= 4 is 27.6 Å². The molecule has 0 heterocycles. The van der Waals surface area contributed by atoms with E-state index >= 15 is 0 Å². The zero-order chi connectivity index (χ0) is 18.4. The average molecular weight is 408 g/mol. The summed E-state index contributed by atoms with van der Waals surface area (Å²) in [6.07, 6.45) is 1.83. The quantitative estimate of drug-likeness (QED) is 0.370. The third-order valence-electron chi connectivity index (χ3n) is 3.76. The second kappa shape index (κ2) is 8.46. The molecule has 0 spiro atoms. The van der Waals surface area contributed by atoms with Gasteiger partial charge in [0.1, 0.15) is 18.2 Å². The van der Waals surface area contributed by atoms with Crippen LogP contribution >= 0.6 is 15.9 Å². The second-order valence-electron chi connectivity index (χ2n) is 5.66. The zero-order valence-corrected chi connectivity index (χ0v) is 15.4. The van der Waals surface area contributed by atoms with Gasteiger partial charge in [-0.25, -0.2) is 4.39 Å². The van der Waals surface area contributed by atoms with Crippen molar-refractivity contribution in [2.45, 2.75) is 6.61 Å². The first-order valence-corrected chi connectivity index (χ1v) is 8.78. The van der Waals surface area contributed by atoms with Crippen LogP contribution in [-0.2, 0) is 6.61 Å². The Hall–Kier alpha value is -2.90. The van der Waals surface area contributed by atoms with E-state index in [4.69, 9.17) is 4.74 Å². The number of hydrogen-bond acceptors (Lipinski definition) is 2. The van der Waals surface area contributed by atoms with Crippen molar-refractivity contribution in [2.24, 2.45) is 0 Å². The Kier molecular flexibility index (Phi) is 5.83. The largest absolute Gasteiger partial charge is 0.489 e. The summed E-state index contributed by atoms with van der Waals surface area (Å²) in [7, 11) is 0. The fourth-order valence-electron chi connectivity index (χ4n) is 2.42. The number of halogens is 2. The number of benzene rings is 3. The van der Waals surface area contributed by atoms with E-state index in [1.165, 1.54) is 12.1 Å². The van der Waals surface area contributed by atoms with E-state index in [0.29, 0.717) is 17.9 Å². The fraction of sp³-hybridized carbons (Fsp3) is 0.0455.